The second-order valence-corrected chi connectivity index (χ2v) is 4.78. The maximum absolute atomic E-state index is 11.9. The zero-order valence-electron chi connectivity index (χ0n) is 10.1. The molecule has 0 bridgehead atoms. The van der Waals surface area contributed by atoms with E-state index < -0.39 is 0 Å². The fourth-order valence-electron chi connectivity index (χ4n) is 1.63. The molecule has 1 aromatic rings. The van der Waals surface area contributed by atoms with E-state index in [0.717, 1.165) is 5.56 Å². The second-order valence-electron chi connectivity index (χ2n) is 3.99. The van der Waals surface area contributed by atoms with Gasteiger partial charge in [-0.05, 0) is 25.0 Å². The fourth-order valence-corrected chi connectivity index (χ4v) is 2.06. The number of alkyl halides is 1. The molecule has 0 heterocycles. The van der Waals surface area contributed by atoms with Gasteiger partial charge in [-0.2, -0.15) is 0 Å². The lowest BCUT2D eigenvalue weighted by Crippen LogP contribution is -2.29. The van der Waals surface area contributed by atoms with Crippen molar-refractivity contribution in [2.45, 2.75) is 25.8 Å². The van der Waals surface area contributed by atoms with E-state index >= 15 is 0 Å². The average molecular weight is 274 g/mol. The Morgan fingerprint density at radius 1 is 1.41 bits per heavy atom. The number of rotatable bonds is 5. The first-order valence-electron chi connectivity index (χ1n) is 5.64. The van der Waals surface area contributed by atoms with Gasteiger partial charge in [-0.1, -0.05) is 29.8 Å². The molecule has 1 aromatic carbocycles. The van der Waals surface area contributed by atoms with E-state index in [2.05, 4.69) is 0 Å². The van der Waals surface area contributed by atoms with Crippen LogP contribution in [0.2, 0.25) is 5.02 Å². The van der Waals surface area contributed by atoms with Gasteiger partial charge in [-0.3, -0.25) is 4.79 Å². The topological polar surface area (TPSA) is 20.3 Å². The summed E-state index contributed by atoms with van der Waals surface area (Å²) in [6.07, 6.45) is 1.19. The summed E-state index contributed by atoms with van der Waals surface area (Å²) >= 11 is 11.7. The summed E-state index contributed by atoms with van der Waals surface area (Å²) in [7, 11) is 1.80. The summed E-state index contributed by atoms with van der Waals surface area (Å²) in [6.45, 7) is 1.97. The van der Waals surface area contributed by atoms with Crippen molar-refractivity contribution in [2.75, 3.05) is 12.9 Å². The summed E-state index contributed by atoms with van der Waals surface area (Å²) in [5, 5.41) is 0.692. The quantitative estimate of drug-likeness (QED) is 0.746. The normalized spacial score (nSPS) is 12.2. The molecule has 17 heavy (non-hydrogen) atoms. The van der Waals surface area contributed by atoms with E-state index in [4.69, 9.17) is 23.2 Å². The van der Waals surface area contributed by atoms with Crippen LogP contribution in [0.4, 0.5) is 0 Å². The van der Waals surface area contributed by atoms with Crippen LogP contribution < -0.4 is 0 Å². The summed E-state index contributed by atoms with van der Waals surface area (Å²) < 4.78 is 0. The molecule has 1 atom stereocenters. The Bertz CT molecular complexity index is 381. The average Bonchev–Trinajstić information content (AvgIpc) is 2.34. The number of carbonyl (C=O) groups excluding carboxylic acids is 1. The van der Waals surface area contributed by atoms with Crippen molar-refractivity contribution in [2.24, 2.45) is 0 Å². The lowest BCUT2D eigenvalue weighted by Gasteiger charge is -2.26. The third-order valence-electron chi connectivity index (χ3n) is 2.85. The summed E-state index contributed by atoms with van der Waals surface area (Å²) in [5.74, 6) is 0.609. The minimum atomic E-state index is -0.0217. The molecule has 0 aromatic heterocycles. The van der Waals surface area contributed by atoms with Gasteiger partial charge in [0.15, 0.2) is 0 Å². The maximum Gasteiger partial charge on any atom is 0.222 e. The highest BCUT2D eigenvalue weighted by Crippen LogP contribution is 2.26. The van der Waals surface area contributed by atoms with Gasteiger partial charge in [0.1, 0.15) is 0 Å². The van der Waals surface area contributed by atoms with Gasteiger partial charge in [-0.15, -0.1) is 11.6 Å². The first-order valence-corrected chi connectivity index (χ1v) is 6.55. The number of halogens is 2. The Labute approximate surface area is 113 Å². The smallest absolute Gasteiger partial charge is 0.222 e. The van der Waals surface area contributed by atoms with E-state index in [-0.39, 0.29) is 11.9 Å². The Hall–Kier alpha value is -0.730. The van der Waals surface area contributed by atoms with Crippen molar-refractivity contribution in [3.63, 3.8) is 0 Å². The molecule has 94 valence electrons. The van der Waals surface area contributed by atoms with Gasteiger partial charge in [0.05, 0.1) is 6.04 Å². The second kappa shape index (κ2) is 6.87. The molecule has 0 saturated heterocycles. The van der Waals surface area contributed by atoms with Gasteiger partial charge in [0, 0.05) is 24.4 Å². The minimum absolute atomic E-state index is 0.0217. The van der Waals surface area contributed by atoms with Gasteiger partial charge < -0.3 is 4.90 Å². The van der Waals surface area contributed by atoms with Crippen molar-refractivity contribution in [3.8, 4) is 0 Å². The van der Waals surface area contributed by atoms with Gasteiger partial charge in [0.2, 0.25) is 5.91 Å². The van der Waals surface area contributed by atoms with Crippen molar-refractivity contribution in [1.82, 2.24) is 4.90 Å². The molecule has 0 aliphatic rings. The van der Waals surface area contributed by atoms with E-state index in [9.17, 15) is 4.79 Å². The summed E-state index contributed by atoms with van der Waals surface area (Å²) in [5.41, 5.74) is 0.968. The van der Waals surface area contributed by atoms with Crippen LogP contribution in [0.3, 0.4) is 0 Å². The van der Waals surface area contributed by atoms with Gasteiger partial charge >= 0.3 is 0 Å². The van der Waals surface area contributed by atoms with Crippen LogP contribution in [0.5, 0.6) is 0 Å². The highest BCUT2D eigenvalue weighted by Gasteiger charge is 2.18. The number of carbonyl (C=O) groups is 1. The molecule has 0 spiro atoms. The van der Waals surface area contributed by atoms with Gasteiger partial charge in [-0.25, -0.2) is 0 Å². The Morgan fingerprint density at radius 3 is 2.65 bits per heavy atom. The first kappa shape index (κ1) is 14.3. The number of amides is 1. The van der Waals surface area contributed by atoms with Crippen LogP contribution in [0, 0.1) is 0 Å². The van der Waals surface area contributed by atoms with Crippen molar-refractivity contribution in [1.29, 1.82) is 0 Å². The minimum Gasteiger partial charge on any atom is -0.339 e. The zero-order valence-corrected chi connectivity index (χ0v) is 11.6. The van der Waals surface area contributed by atoms with Crippen molar-refractivity contribution < 1.29 is 4.79 Å². The van der Waals surface area contributed by atoms with Gasteiger partial charge in [0.25, 0.3) is 0 Å². The molecule has 0 radical (unpaired) electrons. The largest absolute Gasteiger partial charge is 0.339 e. The number of hydrogen-bond donors (Lipinski definition) is 0. The molecule has 0 fully saturated rings. The molecule has 0 saturated carbocycles. The molecule has 0 aliphatic heterocycles. The van der Waals surface area contributed by atoms with Crippen LogP contribution in [-0.4, -0.2) is 23.7 Å². The predicted molar refractivity (Wildman–Crippen MR) is 72.6 cm³/mol. The fraction of sp³-hybridized carbons (Fsp3) is 0.462. The van der Waals surface area contributed by atoms with Crippen molar-refractivity contribution >= 4 is 29.1 Å². The number of benzene rings is 1. The van der Waals surface area contributed by atoms with Crippen LogP contribution in [-0.2, 0) is 4.79 Å². The molecular formula is C13H17Cl2NO. The third kappa shape index (κ3) is 3.90. The molecule has 1 unspecified atom stereocenters. The highest BCUT2D eigenvalue weighted by atomic mass is 35.5. The lowest BCUT2D eigenvalue weighted by atomic mass is 10.1. The maximum atomic E-state index is 11.9. The molecular weight excluding hydrogens is 257 g/mol. The van der Waals surface area contributed by atoms with Crippen LogP contribution in [0.1, 0.15) is 31.4 Å². The monoisotopic (exact) mass is 273 g/mol. The number of hydrogen-bond acceptors (Lipinski definition) is 1. The summed E-state index contributed by atoms with van der Waals surface area (Å²) in [4.78, 5) is 13.6. The SMILES string of the molecule is CC(c1ccccc1Cl)N(C)C(=O)CCCCl. The molecule has 0 aliphatic carbocycles. The molecule has 2 nitrogen and oxygen atoms in total. The van der Waals surface area contributed by atoms with E-state index in [1.54, 1.807) is 11.9 Å². The standard InChI is InChI=1S/C13H17Cl2NO/c1-10(11-6-3-4-7-12(11)15)16(2)13(17)8-5-9-14/h3-4,6-7,10H,5,8-9H2,1-2H3. The summed E-state index contributed by atoms with van der Waals surface area (Å²) in [6, 6.07) is 7.57. The van der Waals surface area contributed by atoms with Crippen LogP contribution in [0.15, 0.2) is 24.3 Å². The molecule has 4 heteroatoms. The Balaban J connectivity index is 2.72. The Morgan fingerprint density at radius 2 is 2.06 bits per heavy atom. The van der Waals surface area contributed by atoms with Crippen LogP contribution in [0.25, 0.3) is 0 Å². The highest BCUT2D eigenvalue weighted by molar-refractivity contribution is 6.31. The molecule has 1 rings (SSSR count). The first-order chi connectivity index (χ1) is 8.07. The lowest BCUT2D eigenvalue weighted by molar-refractivity contribution is -0.131. The zero-order chi connectivity index (χ0) is 12.8. The van der Waals surface area contributed by atoms with E-state index in [0.29, 0.717) is 23.7 Å². The predicted octanol–water partition coefficient (Wildman–Crippen LogP) is 3.88. The molecule has 1 amide bonds. The van der Waals surface area contributed by atoms with Crippen LogP contribution >= 0.6 is 23.2 Å². The third-order valence-corrected chi connectivity index (χ3v) is 3.47. The van der Waals surface area contributed by atoms with Crippen molar-refractivity contribution in [3.05, 3.63) is 34.9 Å². The Kier molecular flexibility index (Phi) is 5.79. The van der Waals surface area contributed by atoms with E-state index in [1.807, 2.05) is 31.2 Å². The van der Waals surface area contributed by atoms with E-state index in [1.165, 1.54) is 0 Å². The number of nitrogens with zero attached hydrogens (tertiary/aromatic N) is 1. The molecule has 0 N–H and O–H groups in total.